The van der Waals surface area contributed by atoms with Gasteiger partial charge in [0.2, 0.25) is 0 Å². The van der Waals surface area contributed by atoms with Crippen LogP contribution in [0.5, 0.6) is 0 Å². The van der Waals surface area contributed by atoms with Crippen LogP contribution in [0.1, 0.15) is 0 Å². The van der Waals surface area contributed by atoms with Gasteiger partial charge in [0.1, 0.15) is 5.58 Å². The van der Waals surface area contributed by atoms with E-state index in [0.717, 1.165) is 25.9 Å². The molecule has 1 aromatic heterocycles. The van der Waals surface area contributed by atoms with Gasteiger partial charge in [-0.3, -0.25) is 0 Å². The quantitative estimate of drug-likeness (QED) is 0.137. The van der Waals surface area contributed by atoms with Gasteiger partial charge in [-0.1, -0.05) is 140 Å². The highest BCUT2D eigenvalue weighted by molar-refractivity contribution is 14.1. The largest absolute Gasteiger partial charge is 0.450 e. The van der Waals surface area contributed by atoms with Crippen molar-refractivity contribution >= 4 is 55.1 Å². The highest BCUT2D eigenvalue weighted by Crippen LogP contribution is 2.44. The van der Waals surface area contributed by atoms with Crippen LogP contribution in [0, 0.1) is 3.77 Å². The molecule has 0 amide bonds. The fourth-order valence-electron chi connectivity index (χ4n) is 6.31. The number of hydrogen-bond acceptors (Lipinski definition) is 1. The van der Waals surface area contributed by atoms with Gasteiger partial charge in [0, 0.05) is 33.5 Å². The first-order valence-electron chi connectivity index (χ1n) is 14.1. The van der Waals surface area contributed by atoms with E-state index in [2.05, 4.69) is 174 Å². The summed E-state index contributed by atoms with van der Waals surface area (Å²) in [6.45, 7) is 0. The zero-order chi connectivity index (χ0) is 28.0. The molecule has 1 nitrogen and oxygen atoms in total. The first-order chi connectivity index (χ1) is 20.8. The lowest BCUT2D eigenvalue weighted by atomic mass is 9.86. The fraction of sp³-hybridized carbons (Fsp3) is 0. The topological polar surface area (TPSA) is 13.1 Å². The number of furan rings is 1. The second-order valence-electron chi connectivity index (χ2n) is 10.6. The lowest BCUT2D eigenvalue weighted by Crippen LogP contribution is -1.90. The Balaban J connectivity index is 1.31. The predicted octanol–water partition coefficient (Wildman–Crippen LogP) is 12.0. The number of hydrogen-bond donors (Lipinski definition) is 0. The van der Waals surface area contributed by atoms with Gasteiger partial charge in [0.05, 0.1) is 0 Å². The van der Waals surface area contributed by atoms with Crippen molar-refractivity contribution in [3.63, 3.8) is 0 Å². The molecule has 0 radical (unpaired) electrons. The zero-order valence-corrected chi connectivity index (χ0v) is 24.9. The van der Waals surface area contributed by atoms with Crippen LogP contribution >= 0.6 is 22.6 Å². The van der Waals surface area contributed by atoms with E-state index in [4.69, 9.17) is 4.42 Å². The molecule has 0 fully saturated rings. The van der Waals surface area contributed by atoms with Crippen molar-refractivity contribution in [2.75, 3.05) is 0 Å². The number of benzene rings is 7. The fourth-order valence-corrected chi connectivity index (χ4v) is 7.14. The molecule has 0 saturated heterocycles. The van der Waals surface area contributed by atoms with Gasteiger partial charge < -0.3 is 4.42 Å². The lowest BCUT2D eigenvalue weighted by molar-refractivity contribution is 0.585. The van der Waals surface area contributed by atoms with Crippen molar-refractivity contribution in [2.24, 2.45) is 0 Å². The van der Waals surface area contributed by atoms with E-state index in [1.807, 2.05) is 0 Å². The van der Waals surface area contributed by atoms with Crippen molar-refractivity contribution < 1.29 is 4.42 Å². The Kier molecular flexibility index (Phi) is 6.15. The minimum atomic E-state index is 0.906. The average molecular weight is 649 g/mol. The van der Waals surface area contributed by atoms with E-state index in [0.29, 0.717) is 0 Å². The molecular formula is C40H25IO. The second-order valence-corrected chi connectivity index (χ2v) is 11.6. The summed E-state index contributed by atoms with van der Waals surface area (Å²) in [4.78, 5) is 0. The molecule has 8 aromatic rings. The van der Waals surface area contributed by atoms with Gasteiger partial charge in [0.15, 0.2) is 3.77 Å². The van der Waals surface area contributed by atoms with E-state index in [1.165, 1.54) is 54.9 Å². The first-order valence-corrected chi connectivity index (χ1v) is 15.2. The van der Waals surface area contributed by atoms with Crippen molar-refractivity contribution in [3.05, 3.63) is 155 Å². The van der Waals surface area contributed by atoms with Crippen LogP contribution in [0.15, 0.2) is 156 Å². The molecule has 0 aliphatic heterocycles. The van der Waals surface area contributed by atoms with Crippen LogP contribution in [0.3, 0.4) is 0 Å². The highest BCUT2D eigenvalue weighted by Gasteiger charge is 2.18. The van der Waals surface area contributed by atoms with Crippen LogP contribution in [0.4, 0.5) is 0 Å². The summed E-state index contributed by atoms with van der Waals surface area (Å²) in [6, 6.07) is 54.4. The normalized spacial score (nSPS) is 11.5. The lowest BCUT2D eigenvalue weighted by Gasteiger charge is -2.17. The van der Waals surface area contributed by atoms with Crippen LogP contribution in [-0.4, -0.2) is 0 Å². The number of fused-ring (bicyclic) bond motifs is 3. The minimum absolute atomic E-state index is 0.906. The first kappa shape index (κ1) is 25.1. The van der Waals surface area contributed by atoms with Gasteiger partial charge in [-0.25, -0.2) is 0 Å². The summed E-state index contributed by atoms with van der Waals surface area (Å²) in [7, 11) is 0. The Hall–Kier alpha value is -4.67. The maximum atomic E-state index is 6.22. The van der Waals surface area contributed by atoms with Crippen LogP contribution in [0.25, 0.3) is 77.0 Å². The standard InChI is InChI=1S/C40H25IO/c41-40-39(35-25-30(23-24-36(35)42-40)26-11-3-1-4-12-26)29-21-19-28(20-22-29)38-33-17-9-7-15-31(33)37(27-13-5-2-6-14-27)32-16-8-10-18-34(32)38/h1-25H. The summed E-state index contributed by atoms with van der Waals surface area (Å²) < 4.78 is 7.12. The molecule has 1 heterocycles. The molecule has 2 heteroatoms. The average Bonchev–Trinajstić information content (AvgIpc) is 3.39. The Morgan fingerprint density at radius 3 is 1.26 bits per heavy atom. The monoisotopic (exact) mass is 648 g/mol. The summed E-state index contributed by atoms with van der Waals surface area (Å²) in [5.41, 5.74) is 10.6. The Morgan fingerprint density at radius 2 is 0.738 bits per heavy atom. The molecule has 0 unspecified atom stereocenters. The highest BCUT2D eigenvalue weighted by atomic mass is 127. The van der Waals surface area contributed by atoms with E-state index < -0.39 is 0 Å². The number of rotatable bonds is 4. The number of halogens is 1. The van der Waals surface area contributed by atoms with Crippen LogP contribution in [-0.2, 0) is 0 Å². The molecular weight excluding hydrogens is 623 g/mol. The van der Waals surface area contributed by atoms with Crippen molar-refractivity contribution in [3.8, 4) is 44.5 Å². The second kappa shape index (κ2) is 10.3. The third-order valence-corrected chi connectivity index (χ3v) is 8.97. The van der Waals surface area contributed by atoms with Gasteiger partial charge in [-0.05, 0) is 72.6 Å². The Labute approximate surface area is 258 Å². The van der Waals surface area contributed by atoms with Crippen molar-refractivity contribution in [1.29, 1.82) is 0 Å². The van der Waals surface area contributed by atoms with E-state index in [9.17, 15) is 0 Å². The molecule has 0 spiro atoms. The molecule has 8 rings (SSSR count). The zero-order valence-electron chi connectivity index (χ0n) is 22.7. The van der Waals surface area contributed by atoms with Gasteiger partial charge in [-0.15, -0.1) is 0 Å². The van der Waals surface area contributed by atoms with Gasteiger partial charge >= 0.3 is 0 Å². The van der Waals surface area contributed by atoms with Crippen LogP contribution < -0.4 is 0 Å². The third-order valence-electron chi connectivity index (χ3n) is 8.21. The molecule has 0 aliphatic carbocycles. The van der Waals surface area contributed by atoms with Crippen LogP contribution in [0.2, 0.25) is 0 Å². The Bertz CT molecular complexity index is 2170. The maximum absolute atomic E-state index is 6.22. The molecule has 42 heavy (non-hydrogen) atoms. The maximum Gasteiger partial charge on any atom is 0.172 e. The minimum Gasteiger partial charge on any atom is -0.450 e. The van der Waals surface area contributed by atoms with E-state index >= 15 is 0 Å². The summed E-state index contributed by atoms with van der Waals surface area (Å²) >= 11 is 2.33. The third kappa shape index (κ3) is 4.14. The molecule has 7 aromatic carbocycles. The van der Waals surface area contributed by atoms with Crippen molar-refractivity contribution in [1.82, 2.24) is 0 Å². The molecule has 0 N–H and O–H groups in total. The molecule has 0 saturated carbocycles. The predicted molar refractivity (Wildman–Crippen MR) is 186 cm³/mol. The molecule has 0 atom stereocenters. The van der Waals surface area contributed by atoms with Gasteiger partial charge in [0.25, 0.3) is 0 Å². The van der Waals surface area contributed by atoms with Crippen molar-refractivity contribution in [2.45, 2.75) is 0 Å². The van der Waals surface area contributed by atoms with E-state index in [1.54, 1.807) is 0 Å². The summed E-state index contributed by atoms with van der Waals surface area (Å²) in [6.07, 6.45) is 0. The molecule has 198 valence electrons. The smallest absolute Gasteiger partial charge is 0.172 e. The molecule has 0 aliphatic rings. The van der Waals surface area contributed by atoms with Gasteiger partial charge in [-0.2, -0.15) is 0 Å². The Morgan fingerprint density at radius 1 is 0.333 bits per heavy atom. The van der Waals surface area contributed by atoms with E-state index in [-0.39, 0.29) is 0 Å². The summed E-state index contributed by atoms with van der Waals surface area (Å²) in [5, 5.41) is 6.20. The summed E-state index contributed by atoms with van der Waals surface area (Å²) in [5.74, 6) is 0. The molecule has 0 bridgehead atoms. The SMILES string of the molecule is Ic1oc2ccc(-c3ccccc3)cc2c1-c1ccc(-c2c3ccccc3c(-c3ccccc3)c3ccccc23)cc1.